The van der Waals surface area contributed by atoms with Crippen molar-refractivity contribution < 1.29 is 14.9 Å². The summed E-state index contributed by atoms with van der Waals surface area (Å²) in [5.74, 6) is 0.451. The SMILES string of the molecule is CCOCC(NC[C@H](O)CO)C(C)C. The highest BCUT2D eigenvalue weighted by molar-refractivity contribution is 4.71. The van der Waals surface area contributed by atoms with E-state index >= 15 is 0 Å². The summed E-state index contributed by atoms with van der Waals surface area (Å²) >= 11 is 0. The van der Waals surface area contributed by atoms with E-state index in [-0.39, 0.29) is 12.6 Å². The summed E-state index contributed by atoms with van der Waals surface area (Å²) in [4.78, 5) is 0. The van der Waals surface area contributed by atoms with Gasteiger partial charge in [0.05, 0.1) is 19.3 Å². The van der Waals surface area contributed by atoms with Crippen molar-refractivity contribution in [2.75, 3.05) is 26.4 Å². The Hall–Kier alpha value is -0.160. The molecule has 0 aromatic heterocycles. The molecule has 0 amide bonds. The minimum atomic E-state index is -0.683. The van der Waals surface area contributed by atoms with Gasteiger partial charge in [0.25, 0.3) is 0 Å². The van der Waals surface area contributed by atoms with Gasteiger partial charge in [-0.3, -0.25) is 0 Å². The third kappa shape index (κ3) is 6.32. The molecule has 0 fully saturated rings. The molecule has 0 bridgehead atoms. The standard InChI is InChI=1S/C10H23NO3/c1-4-14-7-10(8(2)3)11-5-9(13)6-12/h8-13H,4-7H2,1-3H3/t9-,10?/m0/s1. The molecule has 0 aliphatic carbocycles. The Morgan fingerprint density at radius 2 is 2.00 bits per heavy atom. The first-order valence-corrected chi connectivity index (χ1v) is 5.21. The van der Waals surface area contributed by atoms with Crippen LogP contribution in [0.15, 0.2) is 0 Å². The highest BCUT2D eigenvalue weighted by Gasteiger charge is 2.14. The molecule has 0 saturated heterocycles. The first-order chi connectivity index (χ1) is 6.61. The van der Waals surface area contributed by atoms with Crippen LogP contribution in [0.3, 0.4) is 0 Å². The van der Waals surface area contributed by atoms with Gasteiger partial charge in [-0.05, 0) is 12.8 Å². The van der Waals surface area contributed by atoms with Gasteiger partial charge in [-0.25, -0.2) is 0 Å². The van der Waals surface area contributed by atoms with E-state index in [2.05, 4.69) is 19.2 Å². The lowest BCUT2D eigenvalue weighted by molar-refractivity contribution is 0.0735. The normalized spacial score (nSPS) is 15.9. The number of aliphatic hydroxyl groups excluding tert-OH is 2. The maximum absolute atomic E-state index is 9.16. The lowest BCUT2D eigenvalue weighted by Crippen LogP contribution is -2.42. The van der Waals surface area contributed by atoms with Crippen LogP contribution in [-0.2, 0) is 4.74 Å². The molecule has 2 atom stereocenters. The average molecular weight is 205 g/mol. The van der Waals surface area contributed by atoms with Crippen LogP contribution < -0.4 is 5.32 Å². The Morgan fingerprint density at radius 1 is 1.36 bits per heavy atom. The van der Waals surface area contributed by atoms with Crippen molar-refractivity contribution in [1.29, 1.82) is 0 Å². The second kappa shape index (κ2) is 8.17. The van der Waals surface area contributed by atoms with Gasteiger partial charge in [-0.15, -0.1) is 0 Å². The van der Waals surface area contributed by atoms with Crippen LogP contribution in [-0.4, -0.2) is 48.7 Å². The Bertz CT molecular complexity index is 131. The van der Waals surface area contributed by atoms with Crippen molar-refractivity contribution in [2.45, 2.75) is 32.9 Å². The second-order valence-corrected chi connectivity index (χ2v) is 3.75. The van der Waals surface area contributed by atoms with E-state index in [0.29, 0.717) is 25.7 Å². The van der Waals surface area contributed by atoms with Crippen molar-refractivity contribution >= 4 is 0 Å². The minimum Gasteiger partial charge on any atom is -0.394 e. The van der Waals surface area contributed by atoms with Gasteiger partial charge >= 0.3 is 0 Å². The fourth-order valence-electron chi connectivity index (χ4n) is 1.08. The number of hydrogen-bond donors (Lipinski definition) is 3. The average Bonchev–Trinajstić information content (AvgIpc) is 2.16. The molecule has 3 N–H and O–H groups in total. The summed E-state index contributed by atoms with van der Waals surface area (Å²) < 4.78 is 5.32. The van der Waals surface area contributed by atoms with E-state index in [1.807, 2.05) is 6.92 Å². The third-order valence-electron chi connectivity index (χ3n) is 2.13. The van der Waals surface area contributed by atoms with E-state index in [1.165, 1.54) is 0 Å². The van der Waals surface area contributed by atoms with Gasteiger partial charge < -0.3 is 20.3 Å². The molecule has 4 heteroatoms. The number of ether oxygens (including phenoxy) is 1. The Kier molecular flexibility index (Phi) is 8.08. The molecule has 0 saturated carbocycles. The van der Waals surface area contributed by atoms with Crippen LogP contribution in [0.25, 0.3) is 0 Å². The van der Waals surface area contributed by atoms with Crippen molar-refractivity contribution in [2.24, 2.45) is 5.92 Å². The number of rotatable bonds is 8. The van der Waals surface area contributed by atoms with Gasteiger partial charge in [0.1, 0.15) is 0 Å². The zero-order chi connectivity index (χ0) is 11.0. The first-order valence-electron chi connectivity index (χ1n) is 5.21. The molecule has 0 radical (unpaired) electrons. The van der Waals surface area contributed by atoms with Crippen LogP contribution in [0.2, 0.25) is 0 Å². The predicted octanol–water partition coefficient (Wildman–Crippen LogP) is -0.00970. The summed E-state index contributed by atoms with van der Waals surface area (Å²) in [5, 5.41) is 21.0. The summed E-state index contributed by atoms with van der Waals surface area (Å²) in [6, 6.07) is 0.233. The summed E-state index contributed by atoms with van der Waals surface area (Å²) in [6.45, 7) is 7.71. The molecular weight excluding hydrogens is 182 g/mol. The topological polar surface area (TPSA) is 61.7 Å². The fraction of sp³-hybridized carbons (Fsp3) is 1.00. The molecule has 0 aromatic rings. The molecular formula is C10H23NO3. The fourth-order valence-corrected chi connectivity index (χ4v) is 1.08. The quantitative estimate of drug-likeness (QED) is 0.521. The van der Waals surface area contributed by atoms with Crippen LogP contribution in [0, 0.1) is 5.92 Å². The number of aliphatic hydroxyl groups is 2. The van der Waals surface area contributed by atoms with E-state index in [4.69, 9.17) is 14.9 Å². The Labute approximate surface area is 86.3 Å². The maximum atomic E-state index is 9.16. The van der Waals surface area contributed by atoms with E-state index in [1.54, 1.807) is 0 Å². The molecule has 1 unspecified atom stereocenters. The first kappa shape index (κ1) is 13.8. The van der Waals surface area contributed by atoms with Gasteiger partial charge in [-0.1, -0.05) is 13.8 Å². The minimum absolute atomic E-state index is 0.202. The van der Waals surface area contributed by atoms with E-state index < -0.39 is 6.10 Å². The highest BCUT2D eigenvalue weighted by atomic mass is 16.5. The molecule has 4 nitrogen and oxygen atoms in total. The zero-order valence-corrected chi connectivity index (χ0v) is 9.36. The molecule has 0 heterocycles. The monoisotopic (exact) mass is 205 g/mol. The lowest BCUT2D eigenvalue weighted by atomic mass is 10.1. The molecule has 86 valence electrons. The van der Waals surface area contributed by atoms with Crippen LogP contribution >= 0.6 is 0 Å². The number of nitrogens with one attached hydrogen (secondary N) is 1. The lowest BCUT2D eigenvalue weighted by Gasteiger charge is -2.23. The highest BCUT2D eigenvalue weighted by Crippen LogP contribution is 2.02. The Balaban J connectivity index is 3.73. The molecule has 0 aliphatic rings. The van der Waals surface area contributed by atoms with Crippen molar-refractivity contribution in [3.63, 3.8) is 0 Å². The zero-order valence-electron chi connectivity index (χ0n) is 9.36. The van der Waals surface area contributed by atoms with Gasteiger partial charge in [0, 0.05) is 19.2 Å². The smallest absolute Gasteiger partial charge is 0.0895 e. The molecule has 0 aromatic carbocycles. The van der Waals surface area contributed by atoms with Crippen LogP contribution in [0.4, 0.5) is 0 Å². The van der Waals surface area contributed by atoms with Crippen LogP contribution in [0.1, 0.15) is 20.8 Å². The van der Waals surface area contributed by atoms with Crippen molar-refractivity contribution in [3.8, 4) is 0 Å². The number of hydrogen-bond acceptors (Lipinski definition) is 4. The van der Waals surface area contributed by atoms with Gasteiger partial charge in [0.15, 0.2) is 0 Å². The molecule has 0 spiro atoms. The van der Waals surface area contributed by atoms with Crippen molar-refractivity contribution in [1.82, 2.24) is 5.32 Å². The maximum Gasteiger partial charge on any atom is 0.0895 e. The Morgan fingerprint density at radius 3 is 2.43 bits per heavy atom. The third-order valence-corrected chi connectivity index (χ3v) is 2.13. The largest absolute Gasteiger partial charge is 0.394 e. The van der Waals surface area contributed by atoms with Gasteiger partial charge in [-0.2, -0.15) is 0 Å². The van der Waals surface area contributed by atoms with E-state index in [9.17, 15) is 0 Å². The van der Waals surface area contributed by atoms with Crippen molar-refractivity contribution in [3.05, 3.63) is 0 Å². The predicted molar refractivity (Wildman–Crippen MR) is 56.2 cm³/mol. The van der Waals surface area contributed by atoms with E-state index in [0.717, 1.165) is 0 Å². The molecule has 0 rings (SSSR count). The second-order valence-electron chi connectivity index (χ2n) is 3.75. The van der Waals surface area contributed by atoms with Gasteiger partial charge in [0.2, 0.25) is 0 Å². The molecule has 14 heavy (non-hydrogen) atoms. The summed E-state index contributed by atoms with van der Waals surface area (Å²) in [5.41, 5.74) is 0. The summed E-state index contributed by atoms with van der Waals surface area (Å²) in [6.07, 6.45) is -0.683. The summed E-state index contributed by atoms with van der Waals surface area (Å²) in [7, 11) is 0. The van der Waals surface area contributed by atoms with Crippen LogP contribution in [0.5, 0.6) is 0 Å². The molecule has 0 aliphatic heterocycles.